The van der Waals surface area contributed by atoms with Crippen LogP contribution in [0.15, 0.2) is 6.07 Å². The molecule has 0 saturated carbocycles. The second kappa shape index (κ2) is 3.44. The first-order chi connectivity index (χ1) is 6.49. The Morgan fingerprint density at radius 1 is 1.29 bits per heavy atom. The van der Waals surface area contributed by atoms with E-state index in [1.807, 2.05) is 0 Å². The van der Waals surface area contributed by atoms with Crippen LogP contribution in [0.2, 0.25) is 0 Å². The van der Waals surface area contributed by atoms with E-state index < -0.39 is 33.6 Å². The summed E-state index contributed by atoms with van der Waals surface area (Å²) in [5.74, 6) is -5.34. The van der Waals surface area contributed by atoms with Crippen molar-refractivity contribution in [3.8, 4) is 0 Å². The van der Waals surface area contributed by atoms with Crippen molar-refractivity contribution in [2.45, 2.75) is 0 Å². The fourth-order valence-electron chi connectivity index (χ4n) is 0.825. The molecule has 1 aromatic rings. The van der Waals surface area contributed by atoms with E-state index in [0.29, 0.717) is 0 Å². The molecule has 1 rings (SSSR count). The fraction of sp³-hybridized carbons (Fsp3) is 0. The molecule has 1 radical (unpaired) electrons. The third-order valence-corrected chi connectivity index (χ3v) is 1.43. The lowest BCUT2D eigenvalue weighted by molar-refractivity contribution is -0.390. The molecule has 1 aromatic carbocycles. The summed E-state index contributed by atoms with van der Waals surface area (Å²) < 4.78 is 38.0. The molecule has 0 spiro atoms. The zero-order chi connectivity index (χ0) is 10.9. The van der Waals surface area contributed by atoms with Gasteiger partial charge in [0.1, 0.15) is 0 Å². The Hall–Kier alpha value is -1.92. The van der Waals surface area contributed by atoms with Crippen molar-refractivity contribution in [2.24, 2.45) is 0 Å². The highest BCUT2D eigenvalue weighted by atomic mass is 19.2. The number of benzene rings is 1. The van der Waals surface area contributed by atoms with Gasteiger partial charge in [0.15, 0.2) is 5.82 Å². The van der Waals surface area contributed by atoms with Gasteiger partial charge in [-0.3, -0.25) is 14.9 Å². The zero-order valence-electron chi connectivity index (χ0n) is 6.38. The highest BCUT2D eigenvalue weighted by molar-refractivity contribution is 5.77. The van der Waals surface area contributed by atoms with Gasteiger partial charge in [0.05, 0.1) is 10.5 Å². The van der Waals surface area contributed by atoms with Gasteiger partial charge in [-0.2, -0.15) is 8.78 Å². The Morgan fingerprint density at radius 2 is 1.86 bits per heavy atom. The van der Waals surface area contributed by atoms with Crippen LogP contribution in [0, 0.1) is 27.6 Å². The van der Waals surface area contributed by atoms with Gasteiger partial charge < -0.3 is 0 Å². The van der Waals surface area contributed by atoms with Crippen molar-refractivity contribution in [2.75, 3.05) is 0 Å². The summed E-state index contributed by atoms with van der Waals surface area (Å²) in [6.07, 6.45) is 0.922. The van der Waals surface area contributed by atoms with Crippen molar-refractivity contribution in [3.05, 3.63) is 39.2 Å². The molecule has 7 heteroatoms. The Labute approximate surface area is 75.1 Å². The van der Waals surface area contributed by atoms with E-state index in [0.717, 1.165) is 6.29 Å². The van der Waals surface area contributed by atoms with E-state index in [4.69, 9.17) is 0 Å². The van der Waals surface area contributed by atoms with E-state index in [1.165, 1.54) is 0 Å². The van der Waals surface area contributed by atoms with Gasteiger partial charge in [-0.1, -0.05) is 0 Å². The van der Waals surface area contributed by atoms with Crippen LogP contribution in [-0.2, 0) is 4.79 Å². The van der Waals surface area contributed by atoms with Crippen molar-refractivity contribution in [1.29, 1.82) is 0 Å². The minimum atomic E-state index is -1.94. The molecule has 4 nitrogen and oxygen atoms in total. The Kier molecular flexibility index (Phi) is 2.50. The molecule has 0 aliphatic carbocycles. The van der Waals surface area contributed by atoms with E-state index in [2.05, 4.69) is 0 Å². The van der Waals surface area contributed by atoms with Crippen molar-refractivity contribution in [1.82, 2.24) is 0 Å². The largest absolute Gasteiger partial charge is 0.343 e. The summed E-state index contributed by atoms with van der Waals surface area (Å²) in [5, 5.41) is 10.1. The number of hydrogen-bond acceptors (Lipinski definition) is 3. The average molecular weight is 204 g/mol. The number of halogens is 3. The number of nitrogens with zero attached hydrogens (tertiary/aromatic N) is 1. The molecule has 0 aromatic heterocycles. The second-order valence-electron chi connectivity index (χ2n) is 2.24. The maximum Gasteiger partial charge on any atom is 0.343 e. The normalized spacial score (nSPS) is 9.93. The number of rotatable bonds is 2. The van der Waals surface area contributed by atoms with Gasteiger partial charge in [-0.05, 0) is 6.07 Å². The van der Waals surface area contributed by atoms with Crippen LogP contribution in [0.5, 0.6) is 0 Å². The number of nitro groups is 1. The molecule has 73 valence electrons. The molecule has 0 amide bonds. The Bertz CT molecular complexity index is 419. The van der Waals surface area contributed by atoms with E-state index >= 15 is 0 Å². The molecule has 0 saturated heterocycles. The molecule has 0 fully saturated rings. The van der Waals surface area contributed by atoms with Crippen LogP contribution in [0.3, 0.4) is 0 Å². The highest BCUT2D eigenvalue weighted by Crippen LogP contribution is 2.25. The topological polar surface area (TPSA) is 60.2 Å². The Morgan fingerprint density at radius 3 is 2.29 bits per heavy atom. The molecule has 0 aliphatic rings. The lowest BCUT2D eigenvalue weighted by Crippen LogP contribution is -2.03. The molecule has 0 unspecified atom stereocenters. The molecule has 0 heterocycles. The molecule has 0 bridgehead atoms. The molecule has 14 heavy (non-hydrogen) atoms. The molecule has 0 aliphatic heterocycles. The summed E-state index contributed by atoms with van der Waals surface area (Å²) in [6.45, 7) is 0. The summed E-state index contributed by atoms with van der Waals surface area (Å²) in [5.41, 5.74) is -2.71. The Balaban J connectivity index is 3.61. The van der Waals surface area contributed by atoms with Crippen LogP contribution in [-0.4, -0.2) is 11.2 Å². The summed E-state index contributed by atoms with van der Waals surface area (Å²) in [7, 11) is 0. The minimum absolute atomic E-state index is 0.199. The SMILES string of the molecule is O=[C]c1cc(F)c(F)c([N+](=O)[O-])c1F. The molecular formula is C7HF3NO3. The maximum atomic E-state index is 12.9. The van der Waals surface area contributed by atoms with E-state index in [1.54, 1.807) is 0 Å². The first-order valence-electron chi connectivity index (χ1n) is 3.19. The molecular weight excluding hydrogens is 203 g/mol. The first kappa shape index (κ1) is 10.2. The highest BCUT2D eigenvalue weighted by Gasteiger charge is 2.28. The van der Waals surface area contributed by atoms with Gasteiger partial charge >= 0.3 is 5.69 Å². The number of carbonyl (C=O) groups excluding carboxylic acids is 1. The predicted octanol–water partition coefficient (Wildman–Crippen LogP) is 1.47. The van der Waals surface area contributed by atoms with E-state index in [-0.39, 0.29) is 6.07 Å². The maximum absolute atomic E-state index is 12.9. The minimum Gasteiger partial charge on any atom is -0.285 e. The predicted molar refractivity (Wildman–Crippen MR) is 37.8 cm³/mol. The van der Waals surface area contributed by atoms with Crippen molar-refractivity contribution in [3.63, 3.8) is 0 Å². The summed E-state index contributed by atoms with van der Waals surface area (Å²) >= 11 is 0. The lowest BCUT2D eigenvalue weighted by atomic mass is 10.2. The van der Waals surface area contributed by atoms with Crippen molar-refractivity contribution < 1.29 is 22.9 Å². The van der Waals surface area contributed by atoms with Crippen LogP contribution in [0.1, 0.15) is 5.56 Å². The van der Waals surface area contributed by atoms with Gasteiger partial charge in [0.2, 0.25) is 17.9 Å². The number of hydrogen-bond donors (Lipinski definition) is 0. The van der Waals surface area contributed by atoms with Crippen LogP contribution < -0.4 is 0 Å². The summed E-state index contributed by atoms with van der Waals surface area (Å²) in [6, 6.07) is 0.199. The molecule has 0 atom stereocenters. The zero-order valence-corrected chi connectivity index (χ0v) is 6.38. The third-order valence-electron chi connectivity index (χ3n) is 1.43. The summed E-state index contributed by atoms with van der Waals surface area (Å²) in [4.78, 5) is 18.6. The third kappa shape index (κ3) is 1.43. The molecule has 0 N–H and O–H groups in total. The smallest absolute Gasteiger partial charge is 0.285 e. The van der Waals surface area contributed by atoms with Gasteiger partial charge in [0, 0.05) is 0 Å². The van der Waals surface area contributed by atoms with Crippen molar-refractivity contribution >= 4 is 12.0 Å². The quantitative estimate of drug-likeness (QED) is 0.416. The average Bonchev–Trinajstić information content (AvgIpc) is 2.11. The lowest BCUT2D eigenvalue weighted by Gasteiger charge is -1.98. The van der Waals surface area contributed by atoms with E-state index in [9.17, 15) is 28.1 Å². The van der Waals surface area contributed by atoms with Gasteiger partial charge in [0.25, 0.3) is 0 Å². The number of nitro benzene ring substituents is 1. The van der Waals surface area contributed by atoms with Crippen LogP contribution in [0.25, 0.3) is 0 Å². The standard InChI is InChI=1S/C7HF3NO3/c8-4-1-3(2-12)5(9)7(6(4)10)11(13)14/h1H. The van der Waals surface area contributed by atoms with Gasteiger partial charge in [-0.15, -0.1) is 0 Å². The fourth-order valence-corrected chi connectivity index (χ4v) is 0.825. The monoisotopic (exact) mass is 204 g/mol. The van der Waals surface area contributed by atoms with Gasteiger partial charge in [-0.25, -0.2) is 4.39 Å². The van der Waals surface area contributed by atoms with Crippen LogP contribution in [0.4, 0.5) is 18.9 Å². The van der Waals surface area contributed by atoms with Crippen LogP contribution >= 0.6 is 0 Å². The first-order valence-corrected chi connectivity index (χ1v) is 3.19. The second-order valence-corrected chi connectivity index (χ2v) is 2.24.